The monoisotopic (exact) mass is 415 g/mol. The van der Waals surface area contributed by atoms with Crippen molar-refractivity contribution in [3.8, 4) is 0 Å². The number of nitrogens with zero attached hydrogens (tertiary/aromatic N) is 3. The molecule has 154 valence electrons. The van der Waals surface area contributed by atoms with Gasteiger partial charge < -0.3 is 4.90 Å². The molecule has 8 heteroatoms. The molecular formula is C21H25N3O4S. The van der Waals surface area contributed by atoms with Crippen LogP contribution in [-0.2, 0) is 20.9 Å². The molecule has 0 radical (unpaired) electrons. The van der Waals surface area contributed by atoms with Crippen molar-refractivity contribution in [2.45, 2.75) is 50.6 Å². The number of hydrogen-bond donors (Lipinski definition) is 0. The van der Waals surface area contributed by atoms with E-state index in [1.165, 1.54) is 29.1 Å². The van der Waals surface area contributed by atoms with Crippen LogP contribution in [0.15, 0.2) is 16.8 Å². The van der Waals surface area contributed by atoms with Crippen LogP contribution in [0.1, 0.15) is 44.1 Å². The molecule has 0 aromatic carbocycles. The Bertz CT molecular complexity index is 845. The molecule has 2 heterocycles. The number of hydrogen-bond acceptors (Lipinski definition) is 5. The molecule has 1 aliphatic heterocycles. The quantitative estimate of drug-likeness (QED) is 0.547. The Hall–Kier alpha value is -2.22. The number of rotatable bonds is 5. The number of carbonyl (C=O) groups is 4. The van der Waals surface area contributed by atoms with Gasteiger partial charge in [0, 0.05) is 13.6 Å². The Balaban J connectivity index is 1.33. The number of imide groups is 2. The maximum absolute atomic E-state index is 13.2. The molecule has 1 aromatic heterocycles. The van der Waals surface area contributed by atoms with Crippen LogP contribution in [0, 0.1) is 17.8 Å². The van der Waals surface area contributed by atoms with Gasteiger partial charge >= 0.3 is 17.8 Å². The van der Waals surface area contributed by atoms with E-state index in [9.17, 15) is 19.2 Å². The van der Waals surface area contributed by atoms with E-state index in [0.717, 1.165) is 29.7 Å². The van der Waals surface area contributed by atoms with Gasteiger partial charge in [0.05, 0.1) is 5.54 Å². The highest BCUT2D eigenvalue weighted by Crippen LogP contribution is 2.58. The van der Waals surface area contributed by atoms with Gasteiger partial charge in [0.1, 0.15) is 6.54 Å². The smallest absolute Gasteiger partial charge is 0.335 e. The minimum atomic E-state index is -0.858. The van der Waals surface area contributed by atoms with Crippen molar-refractivity contribution in [2.24, 2.45) is 17.8 Å². The van der Waals surface area contributed by atoms with Crippen LogP contribution in [0.5, 0.6) is 0 Å². The summed E-state index contributed by atoms with van der Waals surface area (Å²) in [7, 11) is 1.64. The Morgan fingerprint density at radius 1 is 1.10 bits per heavy atom. The Morgan fingerprint density at radius 2 is 1.72 bits per heavy atom. The number of carbonyl (C=O) groups excluding carboxylic acids is 4. The zero-order chi connectivity index (χ0) is 20.3. The summed E-state index contributed by atoms with van der Waals surface area (Å²) in [5, 5.41) is 3.89. The van der Waals surface area contributed by atoms with E-state index in [0.29, 0.717) is 24.3 Å². The van der Waals surface area contributed by atoms with Crippen molar-refractivity contribution in [1.29, 1.82) is 0 Å². The first-order valence-electron chi connectivity index (χ1n) is 10.3. The zero-order valence-electron chi connectivity index (χ0n) is 16.5. The van der Waals surface area contributed by atoms with E-state index in [1.807, 2.05) is 16.8 Å². The van der Waals surface area contributed by atoms with Crippen LogP contribution >= 0.6 is 11.3 Å². The lowest BCUT2D eigenvalue weighted by atomic mass is 9.52. The predicted octanol–water partition coefficient (Wildman–Crippen LogP) is 2.47. The Kier molecular flexibility index (Phi) is 4.31. The molecule has 0 spiro atoms. The molecule has 29 heavy (non-hydrogen) atoms. The largest absolute Gasteiger partial charge is 0.340 e. The average molecular weight is 416 g/mol. The summed E-state index contributed by atoms with van der Waals surface area (Å²) < 4.78 is 0. The normalized spacial score (nSPS) is 33.1. The van der Waals surface area contributed by atoms with Crippen LogP contribution in [0.25, 0.3) is 0 Å². The standard InChI is InChI=1S/C21H25N3O4S/c1-22(10-13-2-3-29-12-13)17(25)11-23-18(26)19(27)24(20(23)28)21-7-14-4-15(8-21)6-16(5-14)9-21/h2-3,12,14-16H,4-11H2,1H3. The molecule has 5 aliphatic rings. The third-order valence-electron chi connectivity index (χ3n) is 7.25. The molecule has 0 atom stereocenters. The Morgan fingerprint density at radius 3 is 2.28 bits per heavy atom. The minimum Gasteiger partial charge on any atom is -0.340 e. The van der Waals surface area contributed by atoms with E-state index in [1.54, 1.807) is 18.4 Å². The van der Waals surface area contributed by atoms with Gasteiger partial charge in [0.15, 0.2) is 0 Å². The minimum absolute atomic E-state index is 0.349. The van der Waals surface area contributed by atoms with Crippen molar-refractivity contribution >= 4 is 35.1 Å². The van der Waals surface area contributed by atoms with Gasteiger partial charge in [-0.05, 0) is 78.7 Å². The van der Waals surface area contributed by atoms with Crippen LogP contribution in [0.4, 0.5) is 4.79 Å². The highest BCUT2D eigenvalue weighted by molar-refractivity contribution is 7.07. The molecule has 5 amide bonds. The van der Waals surface area contributed by atoms with E-state index in [2.05, 4.69) is 0 Å². The van der Waals surface area contributed by atoms with Gasteiger partial charge in [-0.3, -0.25) is 14.4 Å². The maximum atomic E-state index is 13.2. The second-order valence-electron chi connectivity index (χ2n) is 9.34. The highest BCUT2D eigenvalue weighted by atomic mass is 32.1. The molecule has 4 bridgehead atoms. The van der Waals surface area contributed by atoms with Crippen molar-refractivity contribution < 1.29 is 19.2 Å². The topological polar surface area (TPSA) is 78.0 Å². The molecule has 1 saturated heterocycles. The van der Waals surface area contributed by atoms with Crippen LogP contribution < -0.4 is 0 Å². The van der Waals surface area contributed by atoms with E-state index in [-0.39, 0.29) is 12.5 Å². The van der Waals surface area contributed by atoms with Gasteiger partial charge in [-0.1, -0.05) is 0 Å². The van der Waals surface area contributed by atoms with Crippen molar-refractivity contribution in [1.82, 2.24) is 14.7 Å². The highest BCUT2D eigenvalue weighted by Gasteiger charge is 2.61. The first-order valence-corrected chi connectivity index (χ1v) is 11.3. The number of thiophene rings is 1. The van der Waals surface area contributed by atoms with Crippen molar-refractivity contribution in [3.05, 3.63) is 22.4 Å². The van der Waals surface area contributed by atoms with Gasteiger partial charge in [-0.25, -0.2) is 14.6 Å². The summed E-state index contributed by atoms with van der Waals surface area (Å²) in [6.45, 7) is 0.0259. The molecule has 5 fully saturated rings. The fraction of sp³-hybridized carbons (Fsp3) is 0.619. The summed E-state index contributed by atoms with van der Waals surface area (Å²) in [6, 6.07) is 1.33. The second-order valence-corrected chi connectivity index (χ2v) is 10.1. The lowest BCUT2D eigenvalue weighted by molar-refractivity contribution is -0.150. The third kappa shape index (κ3) is 2.99. The molecule has 1 aromatic rings. The van der Waals surface area contributed by atoms with E-state index in [4.69, 9.17) is 0 Å². The van der Waals surface area contributed by atoms with Crippen molar-refractivity contribution in [2.75, 3.05) is 13.6 Å². The summed E-state index contributed by atoms with van der Waals surface area (Å²) in [5.74, 6) is -0.315. The van der Waals surface area contributed by atoms with Crippen LogP contribution in [0.2, 0.25) is 0 Å². The van der Waals surface area contributed by atoms with Gasteiger partial charge in [-0.2, -0.15) is 11.3 Å². The van der Waals surface area contributed by atoms with Gasteiger partial charge in [0.2, 0.25) is 5.91 Å². The number of likely N-dealkylation sites (N-methyl/N-ethyl adjacent to an activating group) is 1. The predicted molar refractivity (Wildman–Crippen MR) is 106 cm³/mol. The fourth-order valence-corrected chi connectivity index (χ4v) is 7.06. The molecule has 4 saturated carbocycles. The van der Waals surface area contributed by atoms with Crippen LogP contribution in [0.3, 0.4) is 0 Å². The van der Waals surface area contributed by atoms with E-state index < -0.39 is 23.4 Å². The summed E-state index contributed by atoms with van der Waals surface area (Å²) in [5.41, 5.74) is 0.482. The Labute approximate surface area is 173 Å². The second kappa shape index (κ2) is 6.65. The summed E-state index contributed by atoms with van der Waals surface area (Å²) in [6.07, 6.45) is 5.97. The first-order chi connectivity index (χ1) is 13.9. The molecule has 0 N–H and O–H groups in total. The lowest BCUT2D eigenvalue weighted by Crippen LogP contribution is -2.62. The third-order valence-corrected chi connectivity index (χ3v) is 7.98. The first kappa shape index (κ1) is 18.8. The zero-order valence-corrected chi connectivity index (χ0v) is 17.3. The van der Waals surface area contributed by atoms with Gasteiger partial charge in [-0.15, -0.1) is 0 Å². The van der Waals surface area contributed by atoms with E-state index >= 15 is 0 Å². The summed E-state index contributed by atoms with van der Waals surface area (Å²) >= 11 is 1.55. The fourth-order valence-electron chi connectivity index (χ4n) is 6.40. The lowest BCUT2D eigenvalue weighted by Gasteiger charge is -2.58. The SMILES string of the molecule is CN(Cc1ccsc1)C(=O)CN1C(=O)C(=O)N(C23CC4CC(CC(C4)C2)C3)C1=O. The van der Waals surface area contributed by atoms with Crippen LogP contribution in [-0.4, -0.2) is 57.6 Å². The number of amides is 5. The van der Waals surface area contributed by atoms with Gasteiger partial charge in [0.25, 0.3) is 0 Å². The number of urea groups is 1. The molecule has 0 unspecified atom stereocenters. The molecular weight excluding hydrogens is 390 g/mol. The summed E-state index contributed by atoms with van der Waals surface area (Å²) in [4.78, 5) is 54.9. The molecule has 7 nitrogen and oxygen atoms in total. The maximum Gasteiger partial charge on any atom is 0.335 e. The van der Waals surface area contributed by atoms with Crippen molar-refractivity contribution in [3.63, 3.8) is 0 Å². The molecule has 4 aliphatic carbocycles. The average Bonchev–Trinajstić information content (AvgIpc) is 3.23. The molecule has 6 rings (SSSR count).